The highest BCUT2D eigenvalue weighted by atomic mass is 14.9. The van der Waals surface area contributed by atoms with Crippen LogP contribution in [0.4, 0.5) is 0 Å². The molecular weight excluding hydrogens is 230 g/mol. The Hall–Kier alpha value is -0.300. The van der Waals surface area contributed by atoms with E-state index in [2.05, 4.69) is 38.2 Å². The van der Waals surface area contributed by atoms with E-state index >= 15 is 0 Å². The zero-order valence-corrected chi connectivity index (χ0v) is 13.3. The number of hydrogen-bond acceptors (Lipinski definition) is 1. The Morgan fingerprint density at radius 1 is 0.895 bits per heavy atom. The van der Waals surface area contributed by atoms with Crippen molar-refractivity contribution in [3.8, 4) is 0 Å². The topological polar surface area (TPSA) is 12.0 Å². The Kier molecular flexibility index (Phi) is 5.50. The molecule has 0 radical (unpaired) electrons. The van der Waals surface area contributed by atoms with Crippen molar-refractivity contribution in [3.05, 3.63) is 12.2 Å². The van der Waals surface area contributed by atoms with Crippen LogP contribution in [-0.4, -0.2) is 13.1 Å². The van der Waals surface area contributed by atoms with Crippen molar-refractivity contribution in [2.24, 2.45) is 23.2 Å². The molecule has 0 aromatic rings. The van der Waals surface area contributed by atoms with Gasteiger partial charge in [-0.3, -0.25) is 0 Å². The van der Waals surface area contributed by atoms with Crippen LogP contribution in [0.3, 0.4) is 0 Å². The van der Waals surface area contributed by atoms with Gasteiger partial charge in [0.05, 0.1) is 0 Å². The fourth-order valence-corrected chi connectivity index (χ4v) is 3.77. The molecule has 0 heterocycles. The maximum Gasteiger partial charge on any atom is -0.00173 e. The number of nitrogens with one attached hydrogen (secondary N) is 1. The molecule has 0 amide bonds. The van der Waals surface area contributed by atoms with E-state index in [9.17, 15) is 0 Å². The first-order chi connectivity index (χ1) is 9.05. The van der Waals surface area contributed by atoms with Crippen LogP contribution < -0.4 is 5.32 Å². The Labute approximate surface area is 120 Å². The second-order valence-electron chi connectivity index (χ2n) is 7.89. The van der Waals surface area contributed by atoms with Gasteiger partial charge in [0.1, 0.15) is 0 Å². The minimum atomic E-state index is 0.521. The molecule has 19 heavy (non-hydrogen) atoms. The Morgan fingerprint density at radius 3 is 2.16 bits per heavy atom. The monoisotopic (exact) mass is 263 g/mol. The molecule has 0 bridgehead atoms. The third-order valence-electron chi connectivity index (χ3n) is 5.32. The quantitative estimate of drug-likeness (QED) is 0.719. The summed E-state index contributed by atoms with van der Waals surface area (Å²) in [6, 6.07) is 0. The SMILES string of the molecule is CC(C)(C)C1CCC(CNCC2CC=CCC2)CC1. The van der Waals surface area contributed by atoms with Crippen LogP contribution in [0.5, 0.6) is 0 Å². The van der Waals surface area contributed by atoms with Crippen LogP contribution in [0, 0.1) is 23.2 Å². The van der Waals surface area contributed by atoms with Crippen LogP contribution in [0.25, 0.3) is 0 Å². The summed E-state index contributed by atoms with van der Waals surface area (Å²) >= 11 is 0. The lowest BCUT2D eigenvalue weighted by Gasteiger charge is -2.37. The zero-order chi connectivity index (χ0) is 13.7. The summed E-state index contributed by atoms with van der Waals surface area (Å²) in [5.74, 6) is 2.79. The molecule has 0 aromatic heterocycles. The molecule has 1 unspecified atom stereocenters. The van der Waals surface area contributed by atoms with Gasteiger partial charge in [0, 0.05) is 0 Å². The summed E-state index contributed by atoms with van der Waals surface area (Å²) in [4.78, 5) is 0. The predicted octanol–water partition coefficient (Wildman–Crippen LogP) is 4.78. The van der Waals surface area contributed by atoms with E-state index in [4.69, 9.17) is 0 Å². The lowest BCUT2D eigenvalue weighted by atomic mass is 9.70. The minimum Gasteiger partial charge on any atom is -0.316 e. The first-order valence-corrected chi connectivity index (χ1v) is 8.41. The van der Waals surface area contributed by atoms with Gasteiger partial charge in [-0.05, 0) is 81.2 Å². The molecule has 1 N–H and O–H groups in total. The normalized spacial score (nSPS) is 32.5. The van der Waals surface area contributed by atoms with E-state index < -0.39 is 0 Å². The van der Waals surface area contributed by atoms with Crippen LogP contribution in [0.2, 0.25) is 0 Å². The van der Waals surface area contributed by atoms with Crippen LogP contribution in [-0.2, 0) is 0 Å². The maximum atomic E-state index is 3.74. The largest absolute Gasteiger partial charge is 0.316 e. The standard InChI is InChI=1S/C18H33N/c1-18(2,3)17-11-9-16(10-12-17)14-19-13-15-7-5-4-6-8-15/h4-5,15-17,19H,6-14H2,1-3H3. The van der Waals surface area contributed by atoms with E-state index in [1.807, 2.05) is 0 Å². The van der Waals surface area contributed by atoms with Crippen LogP contribution >= 0.6 is 0 Å². The zero-order valence-electron chi connectivity index (χ0n) is 13.3. The number of rotatable bonds is 4. The molecule has 110 valence electrons. The molecule has 1 heteroatoms. The summed E-state index contributed by atoms with van der Waals surface area (Å²) in [7, 11) is 0. The van der Waals surface area contributed by atoms with Crippen molar-refractivity contribution in [1.29, 1.82) is 0 Å². The summed E-state index contributed by atoms with van der Waals surface area (Å²) in [6.07, 6.45) is 14.5. The Morgan fingerprint density at radius 2 is 1.58 bits per heavy atom. The van der Waals surface area contributed by atoms with Gasteiger partial charge in [-0.25, -0.2) is 0 Å². The van der Waals surface area contributed by atoms with E-state index in [1.54, 1.807) is 0 Å². The molecule has 1 atom stereocenters. The Balaban J connectivity index is 1.59. The third kappa shape index (κ3) is 4.95. The van der Waals surface area contributed by atoms with Gasteiger partial charge in [0.2, 0.25) is 0 Å². The first kappa shape index (κ1) is 15.1. The summed E-state index contributed by atoms with van der Waals surface area (Å²) in [6.45, 7) is 9.73. The Bertz CT molecular complexity index is 279. The number of hydrogen-bond donors (Lipinski definition) is 1. The highest BCUT2D eigenvalue weighted by Crippen LogP contribution is 2.39. The van der Waals surface area contributed by atoms with Crippen molar-refractivity contribution in [2.45, 2.75) is 65.7 Å². The van der Waals surface area contributed by atoms with Gasteiger partial charge in [0.25, 0.3) is 0 Å². The van der Waals surface area contributed by atoms with Crippen molar-refractivity contribution >= 4 is 0 Å². The second-order valence-corrected chi connectivity index (χ2v) is 7.89. The van der Waals surface area contributed by atoms with Gasteiger partial charge in [-0.1, -0.05) is 32.9 Å². The molecule has 1 saturated carbocycles. The van der Waals surface area contributed by atoms with Gasteiger partial charge < -0.3 is 5.32 Å². The first-order valence-electron chi connectivity index (χ1n) is 8.41. The number of allylic oxidation sites excluding steroid dienone is 2. The molecule has 2 aliphatic rings. The molecule has 0 spiro atoms. The molecule has 2 aliphatic carbocycles. The minimum absolute atomic E-state index is 0.521. The van der Waals surface area contributed by atoms with Crippen molar-refractivity contribution in [2.75, 3.05) is 13.1 Å². The average molecular weight is 263 g/mol. The van der Waals surface area contributed by atoms with Crippen molar-refractivity contribution in [1.82, 2.24) is 5.32 Å². The molecule has 0 aliphatic heterocycles. The van der Waals surface area contributed by atoms with Gasteiger partial charge in [0.15, 0.2) is 0 Å². The highest BCUT2D eigenvalue weighted by molar-refractivity contribution is 4.90. The van der Waals surface area contributed by atoms with E-state index in [0.29, 0.717) is 5.41 Å². The fraction of sp³-hybridized carbons (Fsp3) is 0.889. The lowest BCUT2D eigenvalue weighted by Crippen LogP contribution is -2.32. The molecule has 0 aromatic carbocycles. The molecule has 0 saturated heterocycles. The van der Waals surface area contributed by atoms with Crippen molar-refractivity contribution < 1.29 is 0 Å². The maximum absolute atomic E-state index is 3.74. The predicted molar refractivity (Wildman–Crippen MR) is 84.3 cm³/mol. The van der Waals surface area contributed by atoms with Gasteiger partial charge in [-0.15, -0.1) is 0 Å². The second kappa shape index (κ2) is 6.92. The lowest BCUT2D eigenvalue weighted by molar-refractivity contribution is 0.148. The van der Waals surface area contributed by atoms with E-state index in [-0.39, 0.29) is 0 Å². The fourth-order valence-electron chi connectivity index (χ4n) is 3.77. The molecule has 2 rings (SSSR count). The van der Waals surface area contributed by atoms with Crippen LogP contribution in [0.1, 0.15) is 65.7 Å². The third-order valence-corrected chi connectivity index (χ3v) is 5.32. The summed E-state index contributed by atoms with van der Waals surface area (Å²) < 4.78 is 0. The molecular formula is C18H33N. The molecule has 1 fully saturated rings. The van der Waals surface area contributed by atoms with Crippen LogP contribution in [0.15, 0.2) is 12.2 Å². The summed E-state index contributed by atoms with van der Waals surface area (Å²) in [5.41, 5.74) is 0.521. The van der Waals surface area contributed by atoms with Crippen molar-refractivity contribution in [3.63, 3.8) is 0 Å². The molecule has 1 nitrogen and oxygen atoms in total. The smallest absolute Gasteiger partial charge is 0.00173 e. The van der Waals surface area contributed by atoms with Gasteiger partial charge in [-0.2, -0.15) is 0 Å². The average Bonchev–Trinajstić information content (AvgIpc) is 2.39. The summed E-state index contributed by atoms with van der Waals surface area (Å²) in [5, 5.41) is 3.74. The van der Waals surface area contributed by atoms with E-state index in [0.717, 1.165) is 17.8 Å². The van der Waals surface area contributed by atoms with Gasteiger partial charge >= 0.3 is 0 Å². The van der Waals surface area contributed by atoms with E-state index in [1.165, 1.54) is 58.0 Å². The highest BCUT2D eigenvalue weighted by Gasteiger charge is 2.29.